The van der Waals surface area contributed by atoms with Crippen LogP contribution in [-0.2, 0) is 21.1 Å². The van der Waals surface area contributed by atoms with Crippen LogP contribution in [0.5, 0.6) is 0 Å². The molecule has 0 bridgehead atoms. The Morgan fingerprint density at radius 1 is 1.29 bits per heavy atom. The van der Waals surface area contributed by atoms with Crippen molar-refractivity contribution in [2.75, 3.05) is 11.5 Å². The Morgan fingerprint density at radius 2 is 1.86 bits per heavy atom. The maximum Gasteiger partial charge on any atom is 0.307 e. The Hall–Kier alpha value is -1.36. The minimum absolute atomic E-state index is 0.00786. The van der Waals surface area contributed by atoms with Crippen molar-refractivity contribution < 1.29 is 18.3 Å². The lowest BCUT2D eigenvalue weighted by Crippen LogP contribution is -2.27. The molecule has 2 unspecified atom stereocenters. The second-order valence-corrected chi connectivity index (χ2v) is 8.42. The van der Waals surface area contributed by atoms with Gasteiger partial charge in [-0.25, -0.2) is 8.42 Å². The van der Waals surface area contributed by atoms with Gasteiger partial charge in [0, 0.05) is 0 Å². The first kappa shape index (κ1) is 16.0. The summed E-state index contributed by atoms with van der Waals surface area (Å²) in [5, 5.41) is 9.51. The number of aryl methyl sites for hydroxylation is 3. The maximum atomic E-state index is 11.6. The Kier molecular flexibility index (Phi) is 4.42. The molecular weight excluding hydrogens is 288 g/mol. The summed E-state index contributed by atoms with van der Waals surface area (Å²) >= 11 is 0. The molecule has 1 fully saturated rings. The average Bonchev–Trinajstić information content (AvgIpc) is 2.67. The van der Waals surface area contributed by atoms with Crippen molar-refractivity contribution in [3.05, 3.63) is 34.4 Å². The first-order valence-electron chi connectivity index (χ1n) is 7.19. The van der Waals surface area contributed by atoms with E-state index in [1.54, 1.807) is 0 Å². The SMILES string of the molecule is Cc1cc(C)c(CC(C(=O)O)C2CCS(=O)(=O)C2)c(C)c1. The molecule has 1 aromatic rings. The molecule has 1 saturated heterocycles. The third-order valence-electron chi connectivity index (χ3n) is 4.42. The van der Waals surface area contributed by atoms with Gasteiger partial charge >= 0.3 is 5.97 Å². The van der Waals surface area contributed by atoms with Crippen LogP contribution in [0.2, 0.25) is 0 Å². The smallest absolute Gasteiger partial charge is 0.307 e. The van der Waals surface area contributed by atoms with E-state index in [9.17, 15) is 18.3 Å². The zero-order chi connectivity index (χ0) is 15.8. The number of hydrogen-bond acceptors (Lipinski definition) is 3. The van der Waals surface area contributed by atoms with Gasteiger partial charge in [0.1, 0.15) is 0 Å². The van der Waals surface area contributed by atoms with Gasteiger partial charge < -0.3 is 5.11 Å². The molecule has 0 aliphatic carbocycles. The van der Waals surface area contributed by atoms with Crippen LogP contribution in [0.1, 0.15) is 28.7 Å². The molecule has 2 rings (SSSR count). The van der Waals surface area contributed by atoms with Crippen molar-refractivity contribution in [3.8, 4) is 0 Å². The molecule has 4 nitrogen and oxygen atoms in total. The largest absolute Gasteiger partial charge is 0.481 e. The molecular formula is C16H22O4S. The second-order valence-electron chi connectivity index (χ2n) is 6.19. The van der Waals surface area contributed by atoms with E-state index in [4.69, 9.17) is 0 Å². The lowest BCUT2D eigenvalue weighted by Gasteiger charge is -2.21. The highest BCUT2D eigenvalue weighted by atomic mass is 32.2. The molecule has 2 atom stereocenters. The highest BCUT2D eigenvalue weighted by Crippen LogP contribution is 2.31. The monoisotopic (exact) mass is 310 g/mol. The molecule has 0 radical (unpaired) electrons. The van der Waals surface area contributed by atoms with E-state index in [-0.39, 0.29) is 17.4 Å². The van der Waals surface area contributed by atoms with Crippen molar-refractivity contribution >= 4 is 15.8 Å². The number of benzene rings is 1. The second kappa shape index (κ2) is 5.79. The minimum atomic E-state index is -3.06. The van der Waals surface area contributed by atoms with Crippen LogP contribution >= 0.6 is 0 Å². The van der Waals surface area contributed by atoms with Crippen molar-refractivity contribution in [2.45, 2.75) is 33.6 Å². The standard InChI is InChI=1S/C16H22O4S/c1-10-6-11(2)14(12(3)7-10)8-15(16(17)18)13-4-5-21(19,20)9-13/h6-7,13,15H,4-5,8-9H2,1-3H3,(H,17,18). The summed E-state index contributed by atoms with van der Waals surface area (Å²) < 4.78 is 23.2. The summed E-state index contributed by atoms with van der Waals surface area (Å²) in [5.41, 5.74) is 4.36. The van der Waals surface area contributed by atoms with Gasteiger partial charge in [-0.2, -0.15) is 0 Å². The fraction of sp³-hybridized carbons (Fsp3) is 0.562. The molecule has 1 heterocycles. The fourth-order valence-corrected chi connectivity index (χ4v) is 5.23. The van der Waals surface area contributed by atoms with Gasteiger partial charge in [0.15, 0.2) is 9.84 Å². The van der Waals surface area contributed by atoms with Gasteiger partial charge in [-0.1, -0.05) is 17.7 Å². The molecule has 0 aromatic heterocycles. The van der Waals surface area contributed by atoms with Crippen LogP contribution < -0.4 is 0 Å². The predicted octanol–water partition coefficient (Wildman–Crippen LogP) is 2.29. The van der Waals surface area contributed by atoms with Crippen LogP contribution in [0.3, 0.4) is 0 Å². The van der Waals surface area contributed by atoms with Crippen molar-refractivity contribution in [2.24, 2.45) is 11.8 Å². The molecule has 0 amide bonds. The van der Waals surface area contributed by atoms with Gasteiger partial charge in [0.2, 0.25) is 0 Å². The van der Waals surface area contributed by atoms with E-state index in [2.05, 4.69) is 0 Å². The summed E-state index contributed by atoms with van der Waals surface area (Å²) in [4.78, 5) is 11.6. The summed E-state index contributed by atoms with van der Waals surface area (Å²) in [6.45, 7) is 5.99. The number of aliphatic carboxylic acids is 1. The number of carboxylic acids is 1. The van der Waals surface area contributed by atoms with Crippen molar-refractivity contribution in [3.63, 3.8) is 0 Å². The van der Waals surface area contributed by atoms with Crippen molar-refractivity contribution in [1.82, 2.24) is 0 Å². The van der Waals surface area contributed by atoms with Crippen LogP contribution in [0.15, 0.2) is 12.1 Å². The van der Waals surface area contributed by atoms with E-state index >= 15 is 0 Å². The molecule has 0 saturated carbocycles. The molecule has 116 valence electrons. The number of carboxylic acid groups (broad SMARTS) is 1. The zero-order valence-electron chi connectivity index (χ0n) is 12.7. The van der Waals surface area contributed by atoms with Crippen LogP contribution in [0, 0.1) is 32.6 Å². The number of carbonyl (C=O) groups is 1. The first-order chi connectivity index (χ1) is 9.69. The Balaban J connectivity index is 2.28. The summed E-state index contributed by atoms with van der Waals surface area (Å²) in [5.74, 6) is -1.66. The van der Waals surface area contributed by atoms with E-state index in [0.717, 1.165) is 22.3 Å². The Bertz CT molecular complexity index is 638. The third kappa shape index (κ3) is 3.64. The molecule has 1 aliphatic heterocycles. The quantitative estimate of drug-likeness (QED) is 0.926. The summed E-state index contributed by atoms with van der Waals surface area (Å²) in [6.07, 6.45) is 0.872. The molecule has 1 aromatic carbocycles. The molecule has 1 aliphatic rings. The Labute approximate surface area is 126 Å². The highest BCUT2D eigenvalue weighted by Gasteiger charge is 2.37. The van der Waals surface area contributed by atoms with Crippen LogP contribution in [-0.4, -0.2) is 31.0 Å². The summed E-state index contributed by atoms with van der Waals surface area (Å²) in [6, 6.07) is 4.10. The zero-order valence-corrected chi connectivity index (χ0v) is 13.5. The van der Waals surface area contributed by atoms with Crippen molar-refractivity contribution in [1.29, 1.82) is 0 Å². The number of rotatable bonds is 4. The molecule has 5 heteroatoms. The minimum Gasteiger partial charge on any atom is -0.481 e. The highest BCUT2D eigenvalue weighted by molar-refractivity contribution is 7.91. The maximum absolute atomic E-state index is 11.6. The van der Waals surface area contributed by atoms with Gasteiger partial charge in [-0.05, 0) is 56.2 Å². The average molecular weight is 310 g/mol. The molecule has 0 spiro atoms. The fourth-order valence-electron chi connectivity index (χ4n) is 3.35. The lowest BCUT2D eigenvalue weighted by atomic mass is 9.83. The number of sulfone groups is 1. The summed E-state index contributed by atoms with van der Waals surface area (Å²) in [7, 11) is -3.06. The van der Waals surface area contributed by atoms with Gasteiger partial charge in [0.25, 0.3) is 0 Å². The predicted molar refractivity (Wildman–Crippen MR) is 82.2 cm³/mol. The molecule has 1 N–H and O–H groups in total. The molecule has 21 heavy (non-hydrogen) atoms. The van der Waals surface area contributed by atoms with E-state index in [1.807, 2.05) is 32.9 Å². The number of hydrogen-bond donors (Lipinski definition) is 1. The lowest BCUT2D eigenvalue weighted by molar-refractivity contribution is -0.143. The van der Waals surface area contributed by atoms with Gasteiger partial charge in [0.05, 0.1) is 17.4 Å². The topological polar surface area (TPSA) is 71.4 Å². The van der Waals surface area contributed by atoms with Crippen LogP contribution in [0.25, 0.3) is 0 Å². The van der Waals surface area contributed by atoms with E-state index in [1.165, 1.54) is 0 Å². The van der Waals surface area contributed by atoms with Crippen LogP contribution in [0.4, 0.5) is 0 Å². The van der Waals surface area contributed by atoms with Gasteiger partial charge in [-0.15, -0.1) is 0 Å². The van der Waals surface area contributed by atoms with Gasteiger partial charge in [-0.3, -0.25) is 4.79 Å². The Morgan fingerprint density at radius 3 is 2.29 bits per heavy atom. The van der Waals surface area contributed by atoms with E-state index in [0.29, 0.717) is 12.8 Å². The normalized spacial score (nSPS) is 22.1. The third-order valence-corrected chi connectivity index (χ3v) is 6.21. The van der Waals surface area contributed by atoms with E-state index < -0.39 is 21.7 Å². The first-order valence-corrected chi connectivity index (χ1v) is 9.01.